The lowest BCUT2D eigenvalue weighted by Gasteiger charge is -2.15. The van der Waals surface area contributed by atoms with Crippen LogP contribution in [0.1, 0.15) is 18.5 Å². The van der Waals surface area contributed by atoms with Gasteiger partial charge in [-0.15, -0.1) is 0 Å². The summed E-state index contributed by atoms with van der Waals surface area (Å²) in [5.74, 6) is 0.695. The number of hydrogen-bond donors (Lipinski definition) is 1. The van der Waals surface area contributed by atoms with Crippen molar-refractivity contribution >= 4 is 10.0 Å². The molecule has 134 valence electrons. The van der Waals surface area contributed by atoms with E-state index in [-0.39, 0.29) is 10.9 Å². The third-order valence-corrected chi connectivity index (χ3v) is 5.75. The summed E-state index contributed by atoms with van der Waals surface area (Å²) >= 11 is 0. The van der Waals surface area contributed by atoms with Crippen molar-refractivity contribution in [1.82, 2.24) is 4.72 Å². The second kappa shape index (κ2) is 7.72. The fraction of sp³-hybridized carbons (Fsp3) is 0.143. The van der Waals surface area contributed by atoms with Gasteiger partial charge in [0.15, 0.2) is 0 Å². The highest BCUT2D eigenvalue weighted by molar-refractivity contribution is 7.89. The molecule has 0 spiro atoms. The maximum atomic E-state index is 12.7. The monoisotopic (exact) mass is 367 g/mol. The molecule has 0 saturated heterocycles. The molecule has 0 amide bonds. The minimum atomic E-state index is -3.62. The third kappa shape index (κ3) is 4.12. The number of nitrogens with one attached hydrogen (secondary N) is 1. The zero-order valence-electron chi connectivity index (χ0n) is 14.7. The smallest absolute Gasteiger partial charge is 0.241 e. The maximum absolute atomic E-state index is 12.7. The molecule has 1 atom stereocenters. The van der Waals surface area contributed by atoms with Crippen LogP contribution in [-0.4, -0.2) is 15.5 Å². The van der Waals surface area contributed by atoms with Gasteiger partial charge in [-0.25, -0.2) is 13.1 Å². The van der Waals surface area contributed by atoms with Gasteiger partial charge in [0.1, 0.15) is 5.75 Å². The first kappa shape index (κ1) is 18.2. The van der Waals surface area contributed by atoms with Crippen molar-refractivity contribution in [3.8, 4) is 16.9 Å². The summed E-state index contributed by atoms with van der Waals surface area (Å²) in [6.07, 6.45) is 0. The Morgan fingerprint density at radius 3 is 2.15 bits per heavy atom. The predicted octanol–water partition coefficient (Wildman–Crippen LogP) is 4.40. The zero-order chi connectivity index (χ0) is 18.6. The van der Waals surface area contributed by atoms with Crippen LogP contribution in [0.2, 0.25) is 0 Å². The molecule has 3 rings (SSSR count). The Bertz CT molecular complexity index is 968. The topological polar surface area (TPSA) is 55.4 Å². The molecule has 1 unspecified atom stereocenters. The van der Waals surface area contributed by atoms with E-state index in [1.165, 1.54) is 0 Å². The molecule has 3 aromatic rings. The molecule has 1 N–H and O–H groups in total. The zero-order valence-corrected chi connectivity index (χ0v) is 15.5. The van der Waals surface area contributed by atoms with Gasteiger partial charge in [0.25, 0.3) is 0 Å². The molecule has 0 fully saturated rings. The minimum Gasteiger partial charge on any atom is -0.497 e. The lowest BCUT2D eigenvalue weighted by Crippen LogP contribution is -2.26. The first-order chi connectivity index (χ1) is 12.5. The van der Waals surface area contributed by atoms with Gasteiger partial charge in [-0.05, 0) is 47.9 Å². The van der Waals surface area contributed by atoms with E-state index >= 15 is 0 Å². The lowest BCUT2D eigenvalue weighted by atomic mass is 10.1. The Kier molecular flexibility index (Phi) is 5.40. The van der Waals surface area contributed by atoms with Crippen molar-refractivity contribution < 1.29 is 13.2 Å². The number of methoxy groups -OCH3 is 1. The van der Waals surface area contributed by atoms with Crippen LogP contribution in [0.25, 0.3) is 11.1 Å². The summed E-state index contributed by atoms with van der Waals surface area (Å²) in [7, 11) is -2.03. The number of benzene rings is 3. The van der Waals surface area contributed by atoms with E-state index in [0.717, 1.165) is 16.7 Å². The lowest BCUT2D eigenvalue weighted by molar-refractivity contribution is 0.413. The Morgan fingerprint density at radius 2 is 1.50 bits per heavy atom. The first-order valence-corrected chi connectivity index (χ1v) is 9.80. The second-order valence-corrected chi connectivity index (χ2v) is 7.72. The highest BCUT2D eigenvalue weighted by atomic mass is 32.2. The molecule has 0 bridgehead atoms. The van der Waals surface area contributed by atoms with Gasteiger partial charge < -0.3 is 4.74 Å². The van der Waals surface area contributed by atoms with Crippen LogP contribution >= 0.6 is 0 Å². The fourth-order valence-electron chi connectivity index (χ4n) is 2.74. The summed E-state index contributed by atoms with van der Waals surface area (Å²) in [5, 5.41) is 0. The molecule has 0 saturated carbocycles. The van der Waals surface area contributed by atoms with Gasteiger partial charge in [0.2, 0.25) is 10.0 Å². The van der Waals surface area contributed by atoms with Crippen LogP contribution in [0.4, 0.5) is 0 Å². The van der Waals surface area contributed by atoms with Crippen molar-refractivity contribution in [2.45, 2.75) is 17.9 Å². The molecule has 0 aliphatic heterocycles. The Labute approximate surface area is 154 Å². The molecule has 0 aromatic heterocycles. The highest BCUT2D eigenvalue weighted by Gasteiger charge is 2.18. The molecule has 5 heteroatoms. The van der Waals surface area contributed by atoms with Crippen LogP contribution in [0.5, 0.6) is 5.75 Å². The van der Waals surface area contributed by atoms with Crippen LogP contribution in [-0.2, 0) is 10.0 Å². The van der Waals surface area contributed by atoms with E-state index in [0.29, 0.717) is 5.75 Å². The van der Waals surface area contributed by atoms with Gasteiger partial charge in [-0.3, -0.25) is 0 Å². The van der Waals surface area contributed by atoms with E-state index in [9.17, 15) is 8.42 Å². The Hall–Kier alpha value is -2.63. The highest BCUT2D eigenvalue weighted by Crippen LogP contribution is 2.23. The summed E-state index contributed by atoms with van der Waals surface area (Å²) < 4.78 is 33.3. The molecule has 4 nitrogen and oxygen atoms in total. The van der Waals surface area contributed by atoms with Crippen molar-refractivity contribution in [1.29, 1.82) is 0 Å². The molecule has 0 heterocycles. The average molecular weight is 367 g/mol. The van der Waals surface area contributed by atoms with Crippen LogP contribution in [0.15, 0.2) is 83.8 Å². The van der Waals surface area contributed by atoms with Crippen LogP contribution < -0.4 is 9.46 Å². The van der Waals surface area contributed by atoms with E-state index in [1.54, 1.807) is 19.2 Å². The van der Waals surface area contributed by atoms with E-state index in [4.69, 9.17) is 4.74 Å². The first-order valence-electron chi connectivity index (χ1n) is 8.31. The Balaban J connectivity index is 1.79. The summed E-state index contributed by atoms with van der Waals surface area (Å²) in [6.45, 7) is 1.81. The maximum Gasteiger partial charge on any atom is 0.241 e. The third-order valence-electron chi connectivity index (χ3n) is 4.20. The van der Waals surface area contributed by atoms with Gasteiger partial charge in [-0.2, -0.15) is 0 Å². The minimum absolute atomic E-state index is 0.243. The molecule has 26 heavy (non-hydrogen) atoms. The average Bonchev–Trinajstić information content (AvgIpc) is 2.68. The normalized spacial score (nSPS) is 12.5. The molecule has 0 radical (unpaired) electrons. The van der Waals surface area contributed by atoms with Gasteiger partial charge >= 0.3 is 0 Å². The standard InChI is InChI=1S/C21H21NO3S/c1-16(19-9-6-10-20(15-19)25-2)22-26(23,24)21-13-11-18(12-14-21)17-7-4-3-5-8-17/h3-16,22H,1-2H3. The van der Waals surface area contributed by atoms with Crippen molar-refractivity contribution in [2.24, 2.45) is 0 Å². The number of hydrogen-bond acceptors (Lipinski definition) is 3. The van der Waals surface area contributed by atoms with Gasteiger partial charge in [-0.1, -0.05) is 54.6 Å². The predicted molar refractivity (Wildman–Crippen MR) is 104 cm³/mol. The van der Waals surface area contributed by atoms with E-state index in [2.05, 4.69) is 4.72 Å². The van der Waals surface area contributed by atoms with Gasteiger partial charge in [0.05, 0.1) is 12.0 Å². The number of rotatable bonds is 6. The van der Waals surface area contributed by atoms with Crippen molar-refractivity contribution in [2.75, 3.05) is 7.11 Å². The molecule has 3 aromatic carbocycles. The summed E-state index contributed by atoms with van der Waals surface area (Å²) in [4.78, 5) is 0.243. The second-order valence-electron chi connectivity index (χ2n) is 6.01. The Morgan fingerprint density at radius 1 is 0.846 bits per heavy atom. The fourth-order valence-corrected chi connectivity index (χ4v) is 3.97. The van der Waals surface area contributed by atoms with Crippen molar-refractivity contribution in [3.63, 3.8) is 0 Å². The largest absolute Gasteiger partial charge is 0.497 e. The number of sulfonamides is 1. The molecule has 0 aliphatic rings. The SMILES string of the molecule is COc1cccc(C(C)NS(=O)(=O)c2ccc(-c3ccccc3)cc2)c1. The quantitative estimate of drug-likeness (QED) is 0.702. The van der Waals surface area contributed by atoms with E-state index < -0.39 is 10.0 Å². The number of ether oxygens (including phenoxy) is 1. The molecular formula is C21H21NO3S. The summed E-state index contributed by atoms with van der Waals surface area (Å²) in [6, 6.07) is 23.7. The van der Waals surface area contributed by atoms with Crippen LogP contribution in [0.3, 0.4) is 0 Å². The van der Waals surface area contributed by atoms with Gasteiger partial charge in [0, 0.05) is 6.04 Å². The van der Waals surface area contributed by atoms with Crippen molar-refractivity contribution in [3.05, 3.63) is 84.4 Å². The van der Waals surface area contributed by atoms with Crippen LogP contribution in [0, 0.1) is 0 Å². The van der Waals surface area contributed by atoms with E-state index in [1.807, 2.05) is 73.7 Å². The molecular weight excluding hydrogens is 346 g/mol. The molecule has 0 aliphatic carbocycles. The summed E-state index contributed by atoms with van der Waals surface area (Å²) in [5.41, 5.74) is 2.87.